The van der Waals surface area contributed by atoms with Gasteiger partial charge in [-0.2, -0.15) is 0 Å². The molecule has 1 aromatic carbocycles. The van der Waals surface area contributed by atoms with Crippen LogP contribution in [0.5, 0.6) is 0 Å². The minimum absolute atomic E-state index is 0. The lowest BCUT2D eigenvalue weighted by Gasteiger charge is -2.14. The van der Waals surface area contributed by atoms with Gasteiger partial charge in [-0.1, -0.05) is 25.1 Å². The summed E-state index contributed by atoms with van der Waals surface area (Å²) in [5.74, 6) is 0. The number of fused-ring (bicyclic) bond motifs is 1. The lowest BCUT2D eigenvalue weighted by Crippen LogP contribution is -2.22. The Labute approximate surface area is 158 Å². The molecule has 2 N–H and O–H groups in total. The summed E-state index contributed by atoms with van der Waals surface area (Å²) in [6.07, 6.45) is 3.64. The molecule has 1 aliphatic heterocycles. The molecule has 4 rings (SSSR count). The lowest BCUT2D eigenvalue weighted by atomic mass is 10.0. The molecule has 0 amide bonds. The van der Waals surface area contributed by atoms with Crippen molar-refractivity contribution in [2.75, 3.05) is 18.4 Å². The summed E-state index contributed by atoms with van der Waals surface area (Å²) in [6.45, 7) is 4.10. The fourth-order valence-corrected chi connectivity index (χ4v) is 3.43. The maximum Gasteiger partial charge on any atom is 0.265 e. The zero-order valence-corrected chi connectivity index (χ0v) is 15.6. The summed E-state index contributed by atoms with van der Waals surface area (Å²) < 4.78 is 1.62. The Hall–Kier alpha value is -2.37. The molecule has 1 saturated heterocycles. The maximum atomic E-state index is 13.0. The van der Waals surface area contributed by atoms with Crippen molar-refractivity contribution in [1.82, 2.24) is 14.7 Å². The van der Waals surface area contributed by atoms with Gasteiger partial charge in [0.1, 0.15) is 5.65 Å². The van der Waals surface area contributed by atoms with Gasteiger partial charge >= 0.3 is 0 Å². The fraction of sp³-hybridized carbons (Fsp3) is 0.300. The van der Waals surface area contributed by atoms with Crippen LogP contribution in [0.1, 0.15) is 19.0 Å². The number of anilines is 1. The van der Waals surface area contributed by atoms with Crippen molar-refractivity contribution < 1.29 is 0 Å². The van der Waals surface area contributed by atoms with E-state index in [1.54, 1.807) is 10.6 Å². The van der Waals surface area contributed by atoms with E-state index in [2.05, 4.69) is 15.6 Å². The average Bonchev–Trinajstić information content (AvgIpc) is 3.15. The smallest absolute Gasteiger partial charge is 0.265 e. The molecule has 1 fully saturated rings. The molecule has 0 radical (unpaired) electrons. The van der Waals surface area contributed by atoms with Gasteiger partial charge in [0.15, 0.2) is 0 Å². The van der Waals surface area contributed by atoms with E-state index in [1.165, 1.54) is 0 Å². The second kappa shape index (κ2) is 7.89. The second-order valence-electron chi connectivity index (χ2n) is 6.43. The van der Waals surface area contributed by atoms with Crippen molar-refractivity contribution in [3.63, 3.8) is 0 Å². The van der Waals surface area contributed by atoms with E-state index in [1.807, 2.05) is 49.4 Å². The molecular weight excluding hydrogens is 348 g/mol. The van der Waals surface area contributed by atoms with Crippen molar-refractivity contribution in [2.45, 2.75) is 25.8 Å². The van der Waals surface area contributed by atoms with Gasteiger partial charge in [-0.05, 0) is 49.2 Å². The molecule has 0 saturated carbocycles. The van der Waals surface area contributed by atoms with Crippen LogP contribution in [0.2, 0.25) is 0 Å². The van der Waals surface area contributed by atoms with Gasteiger partial charge in [-0.3, -0.25) is 9.20 Å². The summed E-state index contributed by atoms with van der Waals surface area (Å²) in [6, 6.07) is 14.2. The Balaban J connectivity index is 0.00000196. The topological polar surface area (TPSA) is 58.4 Å². The Bertz CT molecular complexity index is 946. The molecule has 6 heteroatoms. The molecule has 1 atom stereocenters. The van der Waals surface area contributed by atoms with Gasteiger partial charge in [0, 0.05) is 24.5 Å². The number of aryl methyl sites for hydroxylation is 1. The summed E-state index contributed by atoms with van der Waals surface area (Å²) in [5.41, 5.74) is 4.23. The molecule has 1 aliphatic rings. The van der Waals surface area contributed by atoms with E-state index in [-0.39, 0.29) is 18.0 Å². The van der Waals surface area contributed by atoms with Crippen LogP contribution in [0.25, 0.3) is 16.8 Å². The quantitative estimate of drug-likeness (QED) is 0.740. The van der Waals surface area contributed by atoms with Crippen LogP contribution in [-0.4, -0.2) is 28.5 Å². The number of hydrogen-bond acceptors (Lipinski definition) is 4. The SMILES string of the molecule is CCc1nc2ccccn2c(=O)c1-c1ccc(NC2CCNC2)cc1.Cl. The number of nitrogens with one attached hydrogen (secondary N) is 2. The molecular formula is C20H23ClN4O. The van der Waals surface area contributed by atoms with Gasteiger partial charge in [0.05, 0.1) is 11.3 Å². The molecule has 1 unspecified atom stereocenters. The predicted octanol–water partition coefficient (Wildman–Crippen LogP) is 3.12. The van der Waals surface area contributed by atoms with E-state index in [0.29, 0.717) is 17.3 Å². The summed E-state index contributed by atoms with van der Waals surface area (Å²) in [5, 5.41) is 6.89. The summed E-state index contributed by atoms with van der Waals surface area (Å²) in [4.78, 5) is 17.6. The van der Waals surface area contributed by atoms with Gasteiger partial charge in [-0.25, -0.2) is 4.98 Å². The largest absolute Gasteiger partial charge is 0.381 e. The number of pyridine rings is 1. The van der Waals surface area contributed by atoms with Crippen LogP contribution in [0.4, 0.5) is 5.69 Å². The number of nitrogens with zero attached hydrogens (tertiary/aromatic N) is 2. The van der Waals surface area contributed by atoms with Gasteiger partial charge in [-0.15, -0.1) is 12.4 Å². The minimum atomic E-state index is -0.0110. The predicted molar refractivity (Wildman–Crippen MR) is 108 cm³/mol. The number of aromatic nitrogens is 2. The highest BCUT2D eigenvalue weighted by molar-refractivity contribution is 5.85. The minimum Gasteiger partial charge on any atom is -0.381 e. The molecule has 0 aliphatic carbocycles. The number of rotatable bonds is 4. The highest BCUT2D eigenvalue weighted by atomic mass is 35.5. The normalized spacial score (nSPS) is 16.4. The zero-order valence-electron chi connectivity index (χ0n) is 14.7. The van der Waals surface area contributed by atoms with Crippen molar-refractivity contribution in [2.24, 2.45) is 0 Å². The first-order chi connectivity index (χ1) is 12.3. The van der Waals surface area contributed by atoms with Crippen LogP contribution in [0.15, 0.2) is 53.5 Å². The second-order valence-corrected chi connectivity index (χ2v) is 6.43. The van der Waals surface area contributed by atoms with E-state index in [0.717, 1.165) is 42.9 Å². The van der Waals surface area contributed by atoms with Crippen LogP contribution in [-0.2, 0) is 6.42 Å². The third-order valence-corrected chi connectivity index (χ3v) is 4.75. The summed E-state index contributed by atoms with van der Waals surface area (Å²) >= 11 is 0. The molecule has 0 spiro atoms. The maximum absolute atomic E-state index is 13.0. The van der Waals surface area contributed by atoms with Crippen molar-refractivity contribution in [3.8, 4) is 11.1 Å². The monoisotopic (exact) mass is 370 g/mol. The van der Waals surface area contributed by atoms with Crippen LogP contribution >= 0.6 is 12.4 Å². The fourth-order valence-electron chi connectivity index (χ4n) is 3.43. The first-order valence-corrected chi connectivity index (χ1v) is 8.84. The van der Waals surface area contributed by atoms with E-state index < -0.39 is 0 Å². The van der Waals surface area contributed by atoms with Crippen molar-refractivity contribution >= 4 is 23.7 Å². The number of halogens is 1. The first-order valence-electron chi connectivity index (χ1n) is 8.84. The Morgan fingerprint density at radius 1 is 1.23 bits per heavy atom. The van der Waals surface area contributed by atoms with Crippen molar-refractivity contribution in [1.29, 1.82) is 0 Å². The van der Waals surface area contributed by atoms with Crippen molar-refractivity contribution in [3.05, 3.63) is 64.7 Å². The molecule has 26 heavy (non-hydrogen) atoms. The third kappa shape index (κ3) is 3.45. The van der Waals surface area contributed by atoms with Crippen LogP contribution < -0.4 is 16.2 Å². The Kier molecular flexibility index (Phi) is 5.59. The number of hydrogen-bond donors (Lipinski definition) is 2. The zero-order chi connectivity index (χ0) is 17.2. The summed E-state index contributed by atoms with van der Waals surface area (Å²) in [7, 11) is 0. The highest BCUT2D eigenvalue weighted by Gasteiger charge is 2.15. The molecule has 3 heterocycles. The molecule has 0 bridgehead atoms. The molecule has 2 aromatic heterocycles. The third-order valence-electron chi connectivity index (χ3n) is 4.75. The highest BCUT2D eigenvalue weighted by Crippen LogP contribution is 2.23. The van der Waals surface area contributed by atoms with E-state index in [9.17, 15) is 4.79 Å². The average molecular weight is 371 g/mol. The standard InChI is InChI=1S/C20H22N4O.ClH/c1-2-17-19(20(25)24-12-4-3-5-18(24)23-17)14-6-8-15(9-7-14)22-16-10-11-21-13-16;/h3-9,12,16,21-22H,2,10-11,13H2,1H3;1H. The van der Waals surface area contributed by atoms with Gasteiger partial charge < -0.3 is 10.6 Å². The number of benzene rings is 1. The van der Waals surface area contributed by atoms with Crippen LogP contribution in [0, 0.1) is 0 Å². The van der Waals surface area contributed by atoms with Gasteiger partial charge in [0.25, 0.3) is 5.56 Å². The molecule has 5 nitrogen and oxygen atoms in total. The molecule has 3 aromatic rings. The Morgan fingerprint density at radius 3 is 2.73 bits per heavy atom. The van der Waals surface area contributed by atoms with E-state index in [4.69, 9.17) is 0 Å². The van der Waals surface area contributed by atoms with Crippen LogP contribution in [0.3, 0.4) is 0 Å². The van der Waals surface area contributed by atoms with E-state index >= 15 is 0 Å². The molecule has 136 valence electrons. The first kappa shape index (κ1) is 18.4. The lowest BCUT2D eigenvalue weighted by molar-refractivity contribution is 0.793. The van der Waals surface area contributed by atoms with Gasteiger partial charge in [0.2, 0.25) is 0 Å². The Morgan fingerprint density at radius 2 is 2.04 bits per heavy atom.